The molecule has 0 bridgehead atoms. The van der Waals surface area contributed by atoms with Gasteiger partial charge in [0.15, 0.2) is 23.7 Å². The highest BCUT2D eigenvalue weighted by Gasteiger charge is 2.40. The molecule has 1 aliphatic rings. The van der Waals surface area contributed by atoms with Crippen molar-refractivity contribution in [2.75, 3.05) is 7.11 Å². The predicted octanol–water partition coefficient (Wildman–Crippen LogP) is 1.84. The predicted molar refractivity (Wildman–Crippen MR) is 78.0 cm³/mol. The molecule has 0 saturated heterocycles. The maximum atomic E-state index is 12.6. The number of carbonyl (C=O) groups is 1. The lowest BCUT2D eigenvalue weighted by Crippen LogP contribution is -2.37. The summed E-state index contributed by atoms with van der Waals surface area (Å²) in [5, 5.41) is 38.4. The lowest BCUT2D eigenvalue weighted by atomic mass is 9.92. The van der Waals surface area contributed by atoms with Crippen LogP contribution in [0.4, 0.5) is 0 Å². The molecule has 7 nitrogen and oxygen atoms in total. The number of rotatable bonds is 2. The topological polar surface area (TPSA) is 116 Å². The van der Waals surface area contributed by atoms with E-state index in [1.54, 1.807) is 0 Å². The van der Waals surface area contributed by atoms with Crippen LogP contribution in [0.1, 0.15) is 22.0 Å². The summed E-state index contributed by atoms with van der Waals surface area (Å²) in [6, 6.07) is 6.26. The Bertz CT molecular complexity index is 784. The van der Waals surface area contributed by atoms with Gasteiger partial charge in [-0.25, -0.2) is 0 Å². The molecule has 0 aliphatic carbocycles. The fourth-order valence-electron chi connectivity index (χ4n) is 2.60. The van der Waals surface area contributed by atoms with Crippen LogP contribution in [0.5, 0.6) is 28.7 Å². The molecule has 0 radical (unpaired) electrons. The van der Waals surface area contributed by atoms with Gasteiger partial charge in [0.2, 0.25) is 5.78 Å². The van der Waals surface area contributed by atoms with Crippen molar-refractivity contribution >= 4 is 5.78 Å². The van der Waals surface area contributed by atoms with Crippen molar-refractivity contribution in [1.82, 2.24) is 0 Å². The van der Waals surface area contributed by atoms with E-state index >= 15 is 0 Å². The minimum Gasteiger partial charge on any atom is -0.508 e. The van der Waals surface area contributed by atoms with Crippen LogP contribution in [0, 0.1) is 0 Å². The Labute approximate surface area is 131 Å². The number of Topliss-reactive ketones (excluding diaryl/α,β-unsaturated/α-hetero) is 1. The molecule has 1 aliphatic heterocycles. The van der Waals surface area contributed by atoms with Gasteiger partial charge in [0.1, 0.15) is 22.8 Å². The molecule has 1 heterocycles. The number of hydrogen-bond donors (Lipinski definition) is 4. The van der Waals surface area contributed by atoms with Crippen LogP contribution in [0.25, 0.3) is 0 Å². The molecular formula is C16H14O7. The Balaban J connectivity index is 2.11. The van der Waals surface area contributed by atoms with Crippen molar-refractivity contribution in [2.45, 2.75) is 12.2 Å². The molecular weight excluding hydrogens is 304 g/mol. The number of methoxy groups -OCH3 is 1. The van der Waals surface area contributed by atoms with Crippen molar-refractivity contribution in [3.05, 3.63) is 41.5 Å². The first-order valence-corrected chi connectivity index (χ1v) is 6.74. The first-order chi connectivity index (χ1) is 10.9. The lowest BCUT2D eigenvalue weighted by Gasteiger charge is -2.32. The highest BCUT2D eigenvalue weighted by molar-refractivity contribution is 6.05. The van der Waals surface area contributed by atoms with Gasteiger partial charge in [-0.05, 0) is 17.7 Å². The summed E-state index contributed by atoms with van der Waals surface area (Å²) in [7, 11) is 1.32. The molecule has 0 spiro atoms. The quantitative estimate of drug-likeness (QED) is 0.624. The Kier molecular flexibility index (Phi) is 3.49. The van der Waals surface area contributed by atoms with Crippen LogP contribution < -0.4 is 4.74 Å². The van der Waals surface area contributed by atoms with Crippen molar-refractivity contribution in [3.8, 4) is 28.7 Å². The number of ketones is 1. The summed E-state index contributed by atoms with van der Waals surface area (Å²) < 4.78 is 10.9. The molecule has 0 unspecified atom stereocenters. The molecule has 120 valence electrons. The summed E-state index contributed by atoms with van der Waals surface area (Å²) in [6.07, 6.45) is -1.96. The second-order valence-electron chi connectivity index (χ2n) is 5.15. The molecule has 7 heteroatoms. The van der Waals surface area contributed by atoms with Gasteiger partial charge < -0.3 is 29.9 Å². The molecule has 23 heavy (non-hydrogen) atoms. The smallest absolute Gasteiger partial charge is 0.203 e. The minimum absolute atomic E-state index is 0.0124. The van der Waals surface area contributed by atoms with Gasteiger partial charge in [-0.15, -0.1) is 0 Å². The van der Waals surface area contributed by atoms with E-state index in [0.29, 0.717) is 5.56 Å². The Morgan fingerprint density at radius 1 is 1.00 bits per heavy atom. The third-order valence-corrected chi connectivity index (χ3v) is 3.68. The van der Waals surface area contributed by atoms with Gasteiger partial charge in [-0.3, -0.25) is 4.79 Å². The summed E-state index contributed by atoms with van der Waals surface area (Å²) in [5.74, 6) is -1.82. The largest absolute Gasteiger partial charge is 0.508 e. The first kappa shape index (κ1) is 15.0. The van der Waals surface area contributed by atoms with Crippen LogP contribution in [0.3, 0.4) is 0 Å². The number of carbonyl (C=O) groups excluding carboxylic acids is 1. The number of fused-ring (bicyclic) bond motifs is 1. The summed E-state index contributed by atoms with van der Waals surface area (Å²) in [6.45, 7) is 0. The van der Waals surface area contributed by atoms with Crippen molar-refractivity contribution in [2.24, 2.45) is 0 Å². The fourth-order valence-corrected chi connectivity index (χ4v) is 2.60. The Morgan fingerprint density at radius 2 is 1.74 bits per heavy atom. The molecule has 0 amide bonds. The van der Waals surface area contributed by atoms with Gasteiger partial charge in [0.25, 0.3) is 0 Å². The number of phenolic OH excluding ortho intramolecular Hbond substituents is 4. The van der Waals surface area contributed by atoms with Crippen LogP contribution in [-0.4, -0.2) is 39.4 Å². The first-order valence-electron chi connectivity index (χ1n) is 6.74. The van der Waals surface area contributed by atoms with Crippen molar-refractivity contribution < 1.29 is 34.7 Å². The van der Waals surface area contributed by atoms with E-state index in [4.69, 9.17) is 9.47 Å². The zero-order chi connectivity index (χ0) is 16.7. The fraction of sp³-hybridized carbons (Fsp3) is 0.188. The molecule has 2 aromatic rings. The van der Waals surface area contributed by atoms with E-state index in [1.807, 2.05) is 0 Å². The van der Waals surface area contributed by atoms with Gasteiger partial charge in [0, 0.05) is 19.2 Å². The normalized spacial score (nSPS) is 20.0. The van der Waals surface area contributed by atoms with Crippen molar-refractivity contribution in [3.63, 3.8) is 0 Å². The van der Waals surface area contributed by atoms with E-state index in [9.17, 15) is 25.2 Å². The average Bonchev–Trinajstić information content (AvgIpc) is 2.49. The van der Waals surface area contributed by atoms with Gasteiger partial charge in [-0.2, -0.15) is 0 Å². The van der Waals surface area contributed by atoms with Crippen LogP contribution in [0.2, 0.25) is 0 Å². The Hall–Kier alpha value is -2.93. The second-order valence-corrected chi connectivity index (χ2v) is 5.15. The third-order valence-electron chi connectivity index (χ3n) is 3.68. The number of ether oxygens (including phenoxy) is 2. The van der Waals surface area contributed by atoms with Gasteiger partial charge in [0.05, 0.1) is 0 Å². The maximum Gasteiger partial charge on any atom is 0.203 e. The van der Waals surface area contributed by atoms with E-state index in [2.05, 4.69) is 0 Å². The van der Waals surface area contributed by atoms with Crippen LogP contribution in [0.15, 0.2) is 30.3 Å². The monoisotopic (exact) mass is 318 g/mol. The highest BCUT2D eigenvalue weighted by Crippen LogP contribution is 2.43. The third kappa shape index (κ3) is 2.40. The maximum absolute atomic E-state index is 12.6. The zero-order valence-corrected chi connectivity index (χ0v) is 12.1. The second kappa shape index (κ2) is 5.36. The van der Waals surface area contributed by atoms with E-state index in [0.717, 1.165) is 6.07 Å². The van der Waals surface area contributed by atoms with Crippen LogP contribution >= 0.6 is 0 Å². The highest BCUT2D eigenvalue weighted by atomic mass is 16.5. The molecule has 2 aromatic carbocycles. The average molecular weight is 318 g/mol. The molecule has 0 saturated carbocycles. The van der Waals surface area contributed by atoms with Crippen molar-refractivity contribution in [1.29, 1.82) is 0 Å². The van der Waals surface area contributed by atoms with Crippen LogP contribution in [-0.2, 0) is 4.74 Å². The summed E-state index contributed by atoms with van der Waals surface area (Å²) in [5.41, 5.74) is 0.322. The molecule has 3 rings (SSSR count). The van der Waals surface area contributed by atoms with Gasteiger partial charge >= 0.3 is 0 Å². The Morgan fingerprint density at radius 3 is 2.39 bits per heavy atom. The molecule has 4 N–H and O–H groups in total. The van der Waals surface area contributed by atoms with E-state index in [1.165, 1.54) is 31.4 Å². The molecule has 2 atom stereocenters. The summed E-state index contributed by atoms with van der Waals surface area (Å²) in [4.78, 5) is 12.6. The summed E-state index contributed by atoms with van der Waals surface area (Å²) >= 11 is 0. The number of phenols is 4. The number of hydrogen-bond acceptors (Lipinski definition) is 7. The molecule has 0 fully saturated rings. The standard InChI is InChI=1S/C16H14O7/c1-22-16-14(21)13-11(20)5-8(17)6-12(13)23-15(16)7-2-3-9(18)10(19)4-7/h2-6,15-20H,1H3/t15-,16+/m0/s1. The zero-order valence-electron chi connectivity index (χ0n) is 12.1. The molecule has 0 aromatic heterocycles. The van der Waals surface area contributed by atoms with E-state index < -0.39 is 23.7 Å². The SMILES string of the molecule is CO[C@@H]1C(=O)c2c(O)cc(O)cc2O[C@H]1c1ccc(O)c(O)c1. The number of aromatic hydroxyl groups is 4. The lowest BCUT2D eigenvalue weighted by molar-refractivity contribution is -0.00115. The van der Waals surface area contributed by atoms with Gasteiger partial charge in [-0.1, -0.05) is 6.07 Å². The number of benzene rings is 2. The van der Waals surface area contributed by atoms with E-state index in [-0.39, 0.29) is 28.6 Å². The minimum atomic E-state index is -1.05.